The molecule has 1 aliphatic heterocycles. The molecule has 0 unspecified atom stereocenters. The van der Waals surface area contributed by atoms with E-state index in [2.05, 4.69) is 17.2 Å². The van der Waals surface area contributed by atoms with Gasteiger partial charge in [-0.1, -0.05) is 13.3 Å². The van der Waals surface area contributed by atoms with Crippen molar-refractivity contribution >= 4 is 33.4 Å². The van der Waals surface area contributed by atoms with Gasteiger partial charge in [-0.15, -0.1) is 11.3 Å². The highest BCUT2D eigenvalue weighted by Crippen LogP contribution is 2.26. The van der Waals surface area contributed by atoms with Crippen LogP contribution < -0.4 is 10.9 Å². The van der Waals surface area contributed by atoms with Crippen LogP contribution in [0.2, 0.25) is 0 Å². The zero-order valence-electron chi connectivity index (χ0n) is 16.8. The summed E-state index contributed by atoms with van der Waals surface area (Å²) < 4.78 is 1.37. The molecule has 152 valence electrons. The Hall–Kier alpha value is -2.22. The number of unbranched alkanes of at least 4 members (excludes halogenated alkanes) is 1. The molecule has 1 aliphatic rings. The SMILES string of the molecule is CCCCNC(=O)c1sc2ncn(CC(=O)N3CCCC[C@H]3C)c(=O)c2c1C. The second kappa shape index (κ2) is 8.86. The van der Waals surface area contributed by atoms with Gasteiger partial charge in [0.25, 0.3) is 11.5 Å². The quantitative estimate of drug-likeness (QED) is 0.750. The van der Waals surface area contributed by atoms with Gasteiger partial charge in [0.1, 0.15) is 11.4 Å². The first-order valence-corrected chi connectivity index (χ1v) is 10.8. The average Bonchev–Trinajstić information content (AvgIpc) is 3.02. The van der Waals surface area contributed by atoms with Crippen LogP contribution in [0.15, 0.2) is 11.1 Å². The van der Waals surface area contributed by atoms with E-state index < -0.39 is 0 Å². The molecule has 3 heterocycles. The van der Waals surface area contributed by atoms with Gasteiger partial charge in [-0.05, 0) is 45.1 Å². The number of likely N-dealkylation sites (tertiary alicyclic amines) is 1. The number of thiophene rings is 1. The molecule has 1 saturated heterocycles. The number of hydrogen-bond acceptors (Lipinski definition) is 5. The van der Waals surface area contributed by atoms with E-state index >= 15 is 0 Å². The molecule has 0 aliphatic carbocycles. The molecule has 0 bridgehead atoms. The standard InChI is InChI=1S/C20H28N4O3S/c1-4-5-9-21-18(26)17-14(3)16-19(28-17)22-12-23(20(16)27)11-15(25)24-10-7-6-8-13(24)2/h12-13H,4-11H2,1-3H3,(H,21,26)/t13-/m1/s1. The minimum atomic E-state index is -0.260. The number of nitrogens with one attached hydrogen (secondary N) is 1. The zero-order chi connectivity index (χ0) is 20.3. The number of piperidine rings is 1. The van der Waals surface area contributed by atoms with E-state index in [0.717, 1.165) is 38.6 Å². The van der Waals surface area contributed by atoms with Crippen LogP contribution in [0.25, 0.3) is 10.2 Å². The highest BCUT2D eigenvalue weighted by atomic mass is 32.1. The van der Waals surface area contributed by atoms with Gasteiger partial charge in [-0.25, -0.2) is 4.98 Å². The molecule has 3 rings (SSSR count). The molecule has 0 spiro atoms. The van der Waals surface area contributed by atoms with Gasteiger partial charge in [0.05, 0.1) is 16.6 Å². The van der Waals surface area contributed by atoms with Crippen LogP contribution in [-0.4, -0.2) is 45.4 Å². The molecule has 2 amide bonds. The van der Waals surface area contributed by atoms with Crippen molar-refractivity contribution in [2.24, 2.45) is 0 Å². The maximum absolute atomic E-state index is 13.0. The predicted octanol–water partition coefficient (Wildman–Crippen LogP) is 2.70. The number of rotatable bonds is 6. The van der Waals surface area contributed by atoms with Crippen LogP contribution in [0.3, 0.4) is 0 Å². The van der Waals surface area contributed by atoms with Crippen molar-refractivity contribution in [3.05, 3.63) is 27.1 Å². The summed E-state index contributed by atoms with van der Waals surface area (Å²) in [7, 11) is 0. The Kier molecular flexibility index (Phi) is 6.49. The summed E-state index contributed by atoms with van der Waals surface area (Å²) in [5.41, 5.74) is 0.379. The first kappa shape index (κ1) is 20.5. The number of carbonyl (C=O) groups excluding carboxylic acids is 2. The maximum atomic E-state index is 13.0. The Balaban J connectivity index is 1.84. The fraction of sp³-hybridized carbons (Fsp3) is 0.600. The van der Waals surface area contributed by atoms with Gasteiger partial charge in [0.2, 0.25) is 5.91 Å². The van der Waals surface area contributed by atoms with Crippen LogP contribution in [-0.2, 0) is 11.3 Å². The predicted molar refractivity (Wildman–Crippen MR) is 111 cm³/mol. The lowest BCUT2D eigenvalue weighted by atomic mass is 10.0. The number of hydrogen-bond donors (Lipinski definition) is 1. The summed E-state index contributed by atoms with van der Waals surface area (Å²) in [5, 5.41) is 3.33. The van der Waals surface area contributed by atoms with Gasteiger partial charge < -0.3 is 10.2 Å². The van der Waals surface area contributed by atoms with Crippen molar-refractivity contribution in [2.45, 2.75) is 65.5 Å². The molecule has 1 N–H and O–H groups in total. The van der Waals surface area contributed by atoms with Gasteiger partial charge >= 0.3 is 0 Å². The third-order valence-corrected chi connectivity index (χ3v) is 6.57. The molecule has 0 aromatic carbocycles. The first-order chi connectivity index (χ1) is 13.4. The second-order valence-electron chi connectivity index (χ2n) is 7.46. The van der Waals surface area contributed by atoms with Crippen molar-refractivity contribution in [3.63, 3.8) is 0 Å². The number of aryl methyl sites for hydroxylation is 1. The fourth-order valence-corrected chi connectivity index (χ4v) is 4.71. The lowest BCUT2D eigenvalue weighted by Gasteiger charge is -2.33. The van der Waals surface area contributed by atoms with Gasteiger partial charge in [-0.3, -0.25) is 19.0 Å². The molecule has 7 nitrogen and oxygen atoms in total. The Morgan fingerprint density at radius 2 is 2.14 bits per heavy atom. The van der Waals surface area contributed by atoms with E-state index in [-0.39, 0.29) is 30.0 Å². The number of amides is 2. The maximum Gasteiger partial charge on any atom is 0.262 e. The number of nitrogens with zero attached hydrogens (tertiary/aromatic N) is 3. The molecule has 1 atom stereocenters. The largest absolute Gasteiger partial charge is 0.351 e. The smallest absolute Gasteiger partial charge is 0.262 e. The molecule has 28 heavy (non-hydrogen) atoms. The molecule has 0 saturated carbocycles. The van der Waals surface area contributed by atoms with Gasteiger partial charge in [0, 0.05) is 19.1 Å². The van der Waals surface area contributed by atoms with Crippen molar-refractivity contribution in [1.82, 2.24) is 19.8 Å². The van der Waals surface area contributed by atoms with Crippen LogP contribution >= 0.6 is 11.3 Å². The highest BCUT2D eigenvalue weighted by Gasteiger charge is 2.24. The third-order valence-electron chi connectivity index (χ3n) is 5.37. The molecule has 2 aromatic heterocycles. The summed E-state index contributed by atoms with van der Waals surface area (Å²) in [6.45, 7) is 7.23. The molecular formula is C20H28N4O3S. The van der Waals surface area contributed by atoms with Crippen LogP contribution in [0.1, 0.15) is 61.2 Å². The Morgan fingerprint density at radius 1 is 1.36 bits per heavy atom. The van der Waals surface area contributed by atoms with E-state index in [1.807, 2.05) is 11.8 Å². The molecular weight excluding hydrogens is 376 g/mol. The van der Waals surface area contributed by atoms with Crippen molar-refractivity contribution in [1.29, 1.82) is 0 Å². The number of aromatic nitrogens is 2. The van der Waals surface area contributed by atoms with E-state index in [4.69, 9.17) is 0 Å². The van der Waals surface area contributed by atoms with E-state index in [1.54, 1.807) is 6.92 Å². The highest BCUT2D eigenvalue weighted by molar-refractivity contribution is 7.20. The molecule has 1 fully saturated rings. The van der Waals surface area contributed by atoms with Crippen LogP contribution in [0.4, 0.5) is 0 Å². The molecule has 8 heteroatoms. The summed E-state index contributed by atoms with van der Waals surface area (Å²) in [6.07, 6.45) is 6.47. The van der Waals surface area contributed by atoms with Gasteiger partial charge in [-0.2, -0.15) is 0 Å². The van der Waals surface area contributed by atoms with Crippen molar-refractivity contribution < 1.29 is 9.59 Å². The van der Waals surface area contributed by atoms with E-state index in [1.165, 1.54) is 22.2 Å². The van der Waals surface area contributed by atoms with Crippen LogP contribution in [0, 0.1) is 6.92 Å². The minimum absolute atomic E-state index is 0.0145. The average molecular weight is 405 g/mol. The normalized spacial score (nSPS) is 17.1. The lowest BCUT2D eigenvalue weighted by molar-refractivity contribution is -0.135. The number of fused-ring (bicyclic) bond motifs is 1. The Labute approximate surface area is 168 Å². The second-order valence-corrected chi connectivity index (χ2v) is 8.45. The lowest BCUT2D eigenvalue weighted by Crippen LogP contribution is -2.44. The third kappa shape index (κ3) is 4.11. The topological polar surface area (TPSA) is 84.3 Å². The van der Waals surface area contributed by atoms with E-state index in [0.29, 0.717) is 27.2 Å². The Bertz CT molecular complexity index is 933. The van der Waals surface area contributed by atoms with Crippen LogP contribution in [0.5, 0.6) is 0 Å². The summed E-state index contributed by atoms with van der Waals surface area (Å²) in [5.74, 6) is -0.223. The van der Waals surface area contributed by atoms with Crippen molar-refractivity contribution in [3.8, 4) is 0 Å². The minimum Gasteiger partial charge on any atom is -0.351 e. The van der Waals surface area contributed by atoms with Gasteiger partial charge in [0.15, 0.2) is 0 Å². The van der Waals surface area contributed by atoms with E-state index in [9.17, 15) is 14.4 Å². The Morgan fingerprint density at radius 3 is 2.86 bits per heavy atom. The number of carbonyl (C=O) groups is 2. The monoisotopic (exact) mass is 404 g/mol. The van der Waals surface area contributed by atoms with Crippen molar-refractivity contribution in [2.75, 3.05) is 13.1 Å². The summed E-state index contributed by atoms with van der Waals surface area (Å²) >= 11 is 1.23. The molecule has 0 radical (unpaired) electrons. The summed E-state index contributed by atoms with van der Waals surface area (Å²) in [4.78, 5) is 45.4. The first-order valence-electron chi connectivity index (χ1n) is 10.00. The fourth-order valence-electron chi connectivity index (χ4n) is 3.65. The zero-order valence-corrected chi connectivity index (χ0v) is 17.6. The summed E-state index contributed by atoms with van der Waals surface area (Å²) in [6, 6.07) is 0.204. The molecule has 2 aromatic rings.